The Morgan fingerprint density at radius 2 is 0.974 bits per heavy atom. The van der Waals surface area contributed by atoms with E-state index in [2.05, 4.69) is 132 Å². The average molecular weight is 486 g/mol. The third kappa shape index (κ3) is 3.21. The molecule has 0 spiro atoms. The fourth-order valence-corrected chi connectivity index (χ4v) is 5.81. The van der Waals surface area contributed by atoms with Gasteiger partial charge in [0.05, 0.1) is 11.4 Å². The molecule has 0 radical (unpaired) electrons. The number of anilines is 3. The SMILES string of the molecule is c1ccc2c(N(c3ccc4cc5c(cc4c3)oc3ccccc35)c3cccc4ccccc34)cccc2c1. The molecule has 0 unspecified atom stereocenters. The molecule has 0 N–H and O–H groups in total. The first-order chi connectivity index (χ1) is 18.8. The second-order valence-corrected chi connectivity index (χ2v) is 9.81. The van der Waals surface area contributed by atoms with E-state index in [0.717, 1.165) is 44.4 Å². The largest absolute Gasteiger partial charge is 0.456 e. The molecule has 0 aliphatic heterocycles. The molecular weight excluding hydrogens is 462 g/mol. The van der Waals surface area contributed by atoms with Crippen LogP contribution in [0.4, 0.5) is 17.1 Å². The van der Waals surface area contributed by atoms with Gasteiger partial charge in [-0.05, 0) is 64.0 Å². The number of nitrogens with zero attached hydrogens (tertiary/aromatic N) is 1. The van der Waals surface area contributed by atoms with Crippen LogP contribution < -0.4 is 4.90 Å². The summed E-state index contributed by atoms with van der Waals surface area (Å²) in [5.74, 6) is 0. The highest BCUT2D eigenvalue weighted by molar-refractivity contribution is 6.11. The number of furan rings is 1. The van der Waals surface area contributed by atoms with Crippen LogP contribution in [0.2, 0.25) is 0 Å². The maximum atomic E-state index is 6.23. The van der Waals surface area contributed by atoms with Crippen molar-refractivity contribution in [3.8, 4) is 0 Å². The lowest BCUT2D eigenvalue weighted by molar-refractivity contribution is 0.669. The van der Waals surface area contributed by atoms with E-state index in [0.29, 0.717) is 0 Å². The predicted molar refractivity (Wildman–Crippen MR) is 161 cm³/mol. The Hall–Kier alpha value is -5.08. The number of hydrogen-bond donors (Lipinski definition) is 0. The molecule has 0 aliphatic carbocycles. The van der Waals surface area contributed by atoms with E-state index in [9.17, 15) is 0 Å². The summed E-state index contributed by atoms with van der Waals surface area (Å²) in [7, 11) is 0. The quantitative estimate of drug-likeness (QED) is 0.247. The second kappa shape index (κ2) is 8.22. The van der Waals surface area contributed by atoms with Gasteiger partial charge < -0.3 is 9.32 Å². The summed E-state index contributed by atoms with van der Waals surface area (Å²) in [6.45, 7) is 0. The van der Waals surface area contributed by atoms with Crippen molar-refractivity contribution in [1.29, 1.82) is 0 Å². The summed E-state index contributed by atoms with van der Waals surface area (Å²) in [5.41, 5.74) is 5.26. The molecule has 8 rings (SSSR count). The highest BCUT2D eigenvalue weighted by atomic mass is 16.3. The van der Waals surface area contributed by atoms with Crippen molar-refractivity contribution in [2.45, 2.75) is 0 Å². The van der Waals surface area contributed by atoms with E-state index in [4.69, 9.17) is 4.42 Å². The molecule has 1 aromatic heterocycles. The van der Waals surface area contributed by atoms with Crippen LogP contribution in [-0.4, -0.2) is 0 Å². The smallest absolute Gasteiger partial charge is 0.136 e. The van der Waals surface area contributed by atoms with Crippen molar-refractivity contribution in [1.82, 2.24) is 0 Å². The Morgan fingerprint density at radius 1 is 0.368 bits per heavy atom. The summed E-state index contributed by atoms with van der Waals surface area (Å²) in [6, 6.07) is 49.7. The maximum absolute atomic E-state index is 6.23. The van der Waals surface area contributed by atoms with Crippen LogP contribution >= 0.6 is 0 Å². The van der Waals surface area contributed by atoms with Gasteiger partial charge in [0.25, 0.3) is 0 Å². The monoisotopic (exact) mass is 485 g/mol. The summed E-state index contributed by atoms with van der Waals surface area (Å²) in [5, 5.41) is 9.54. The Kier molecular flexibility index (Phi) is 4.55. The van der Waals surface area contributed by atoms with Crippen LogP contribution in [0.25, 0.3) is 54.3 Å². The van der Waals surface area contributed by atoms with Gasteiger partial charge in [-0.15, -0.1) is 0 Å². The Morgan fingerprint density at radius 3 is 1.68 bits per heavy atom. The first-order valence-electron chi connectivity index (χ1n) is 12.9. The van der Waals surface area contributed by atoms with Crippen LogP contribution in [0.5, 0.6) is 0 Å². The van der Waals surface area contributed by atoms with Gasteiger partial charge >= 0.3 is 0 Å². The molecule has 8 aromatic rings. The Labute approximate surface area is 220 Å². The van der Waals surface area contributed by atoms with Gasteiger partial charge in [-0.3, -0.25) is 0 Å². The van der Waals surface area contributed by atoms with E-state index >= 15 is 0 Å². The summed E-state index contributed by atoms with van der Waals surface area (Å²) in [6.07, 6.45) is 0. The molecule has 7 aromatic carbocycles. The van der Waals surface area contributed by atoms with Gasteiger partial charge in [-0.25, -0.2) is 0 Å². The zero-order valence-corrected chi connectivity index (χ0v) is 20.6. The van der Waals surface area contributed by atoms with Crippen LogP contribution in [0, 0.1) is 0 Å². The molecule has 2 nitrogen and oxygen atoms in total. The minimum atomic E-state index is 0.915. The molecule has 178 valence electrons. The first kappa shape index (κ1) is 21.0. The predicted octanol–water partition coefficient (Wildman–Crippen LogP) is 10.5. The number of hydrogen-bond acceptors (Lipinski definition) is 2. The summed E-state index contributed by atoms with van der Waals surface area (Å²) in [4.78, 5) is 2.40. The van der Waals surface area contributed by atoms with Gasteiger partial charge in [0.1, 0.15) is 11.2 Å². The minimum absolute atomic E-state index is 0.915. The normalized spacial score (nSPS) is 11.7. The molecular formula is C36H23NO. The van der Waals surface area contributed by atoms with Crippen molar-refractivity contribution in [2.24, 2.45) is 0 Å². The van der Waals surface area contributed by atoms with Crippen molar-refractivity contribution >= 4 is 71.3 Å². The van der Waals surface area contributed by atoms with Crippen LogP contribution in [-0.2, 0) is 0 Å². The molecule has 2 heteroatoms. The number of rotatable bonds is 3. The minimum Gasteiger partial charge on any atom is -0.456 e. The standard InChI is InChI=1S/C36H23NO/c1-3-13-29-24(9-1)11-7-16-33(29)37(34-17-8-12-25-10-2-4-14-30(25)34)28-20-19-26-22-32-31-15-5-6-18-35(31)38-36(32)23-27(26)21-28/h1-23H. The molecule has 38 heavy (non-hydrogen) atoms. The zero-order chi connectivity index (χ0) is 25.1. The fourth-order valence-electron chi connectivity index (χ4n) is 5.81. The second-order valence-electron chi connectivity index (χ2n) is 9.81. The molecule has 0 bridgehead atoms. The third-order valence-corrected chi connectivity index (χ3v) is 7.59. The molecule has 1 heterocycles. The fraction of sp³-hybridized carbons (Fsp3) is 0. The van der Waals surface area contributed by atoms with Crippen molar-refractivity contribution in [3.63, 3.8) is 0 Å². The molecule has 0 fully saturated rings. The zero-order valence-electron chi connectivity index (χ0n) is 20.6. The number of fused-ring (bicyclic) bond motifs is 6. The van der Waals surface area contributed by atoms with Crippen molar-refractivity contribution in [2.75, 3.05) is 4.90 Å². The van der Waals surface area contributed by atoms with Gasteiger partial charge in [0.15, 0.2) is 0 Å². The molecule has 0 saturated carbocycles. The van der Waals surface area contributed by atoms with Crippen molar-refractivity contribution < 1.29 is 4.42 Å². The van der Waals surface area contributed by atoms with E-state index in [1.54, 1.807) is 0 Å². The third-order valence-electron chi connectivity index (χ3n) is 7.59. The van der Waals surface area contributed by atoms with Crippen LogP contribution in [0.3, 0.4) is 0 Å². The molecule has 0 amide bonds. The number of benzene rings is 7. The summed E-state index contributed by atoms with van der Waals surface area (Å²) < 4.78 is 6.23. The van der Waals surface area contributed by atoms with Gasteiger partial charge in [0.2, 0.25) is 0 Å². The van der Waals surface area contributed by atoms with Gasteiger partial charge in [0, 0.05) is 27.2 Å². The molecule has 0 atom stereocenters. The van der Waals surface area contributed by atoms with Crippen LogP contribution in [0.1, 0.15) is 0 Å². The topological polar surface area (TPSA) is 16.4 Å². The molecule has 0 saturated heterocycles. The van der Waals surface area contributed by atoms with E-state index in [-0.39, 0.29) is 0 Å². The van der Waals surface area contributed by atoms with E-state index < -0.39 is 0 Å². The number of para-hydroxylation sites is 1. The maximum Gasteiger partial charge on any atom is 0.136 e. The van der Waals surface area contributed by atoms with E-state index in [1.165, 1.54) is 26.9 Å². The Bertz CT molecular complexity index is 2060. The lowest BCUT2D eigenvalue weighted by Crippen LogP contribution is -2.11. The first-order valence-corrected chi connectivity index (χ1v) is 12.9. The summed E-state index contributed by atoms with van der Waals surface area (Å²) >= 11 is 0. The van der Waals surface area contributed by atoms with Gasteiger partial charge in [-0.1, -0.05) is 97.1 Å². The van der Waals surface area contributed by atoms with Gasteiger partial charge in [-0.2, -0.15) is 0 Å². The highest BCUT2D eigenvalue weighted by Gasteiger charge is 2.18. The lowest BCUT2D eigenvalue weighted by atomic mass is 10.0. The van der Waals surface area contributed by atoms with Crippen LogP contribution in [0.15, 0.2) is 144 Å². The van der Waals surface area contributed by atoms with Crippen molar-refractivity contribution in [3.05, 3.63) is 140 Å². The Balaban J connectivity index is 1.42. The lowest BCUT2D eigenvalue weighted by Gasteiger charge is -2.28. The highest BCUT2D eigenvalue weighted by Crippen LogP contribution is 2.43. The molecule has 0 aliphatic rings. The van der Waals surface area contributed by atoms with E-state index in [1.807, 2.05) is 12.1 Å². The average Bonchev–Trinajstić information content (AvgIpc) is 3.33.